The van der Waals surface area contributed by atoms with Gasteiger partial charge in [-0.15, -0.1) is 0 Å². The highest BCUT2D eigenvalue weighted by atomic mass is 16.5. The van der Waals surface area contributed by atoms with Gasteiger partial charge in [0.15, 0.2) is 0 Å². The van der Waals surface area contributed by atoms with Crippen molar-refractivity contribution in [2.45, 2.75) is 32.2 Å². The molecule has 1 heterocycles. The predicted molar refractivity (Wildman–Crippen MR) is 79.5 cm³/mol. The summed E-state index contributed by atoms with van der Waals surface area (Å²) in [6.07, 6.45) is 3.60. The van der Waals surface area contributed by atoms with Crippen molar-refractivity contribution in [3.63, 3.8) is 0 Å². The summed E-state index contributed by atoms with van der Waals surface area (Å²) in [5.41, 5.74) is 7.12. The second-order valence-electron chi connectivity index (χ2n) is 5.60. The van der Waals surface area contributed by atoms with Crippen molar-refractivity contribution in [1.29, 1.82) is 0 Å². The monoisotopic (exact) mass is 262 g/mol. The summed E-state index contributed by atoms with van der Waals surface area (Å²) in [4.78, 5) is 2.58. The number of hydrogen-bond acceptors (Lipinski definition) is 3. The van der Waals surface area contributed by atoms with E-state index in [1.54, 1.807) is 7.11 Å². The molecule has 2 N–H and O–H groups in total. The van der Waals surface area contributed by atoms with Gasteiger partial charge in [-0.05, 0) is 56.8 Å². The Morgan fingerprint density at radius 2 is 2.21 bits per heavy atom. The number of hydrogen-bond donors (Lipinski definition) is 1. The average molecular weight is 262 g/mol. The van der Waals surface area contributed by atoms with E-state index >= 15 is 0 Å². The number of ether oxygens (including phenoxy) is 1. The van der Waals surface area contributed by atoms with Gasteiger partial charge in [0.25, 0.3) is 0 Å². The Balaban J connectivity index is 1.98. The minimum absolute atomic E-state index is 0.547. The molecule has 1 aliphatic rings. The predicted octanol–water partition coefficient (Wildman–Crippen LogP) is 2.30. The molecule has 1 aliphatic heterocycles. The van der Waals surface area contributed by atoms with E-state index in [4.69, 9.17) is 10.5 Å². The fourth-order valence-corrected chi connectivity index (χ4v) is 3.01. The molecule has 1 aromatic carbocycles. The van der Waals surface area contributed by atoms with Crippen LogP contribution in [0.4, 0.5) is 0 Å². The van der Waals surface area contributed by atoms with Crippen LogP contribution in [0.2, 0.25) is 0 Å². The molecule has 1 fully saturated rings. The zero-order valence-corrected chi connectivity index (χ0v) is 12.1. The third kappa shape index (κ3) is 3.71. The molecule has 3 heteroatoms. The summed E-state index contributed by atoms with van der Waals surface area (Å²) in [7, 11) is 1.74. The van der Waals surface area contributed by atoms with Crippen molar-refractivity contribution < 1.29 is 4.74 Å². The number of methoxy groups -OCH3 is 1. The molecule has 2 rings (SSSR count). The lowest BCUT2D eigenvalue weighted by atomic mass is 9.95. The van der Waals surface area contributed by atoms with Crippen LogP contribution in [-0.4, -0.2) is 37.7 Å². The van der Waals surface area contributed by atoms with Crippen molar-refractivity contribution in [3.05, 3.63) is 29.8 Å². The van der Waals surface area contributed by atoms with Crippen LogP contribution in [0.25, 0.3) is 0 Å². The first-order chi connectivity index (χ1) is 9.24. The molecule has 19 heavy (non-hydrogen) atoms. The zero-order valence-electron chi connectivity index (χ0n) is 12.1. The number of rotatable bonds is 5. The fourth-order valence-electron chi connectivity index (χ4n) is 3.01. The van der Waals surface area contributed by atoms with Crippen LogP contribution in [0.5, 0.6) is 5.75 Å². The molecule has 2 atom stereocenters. The van der Waals surface area contributed by atoms with Crippen LogP contribution in [0.3, 0.4) is 0 Å². The summed E-state index contributed by atoms with van der Waals surface area (Å²) in [6, 6.07) is 8.87. The van der Waals surface area contributed by atoms with Crippen molar-refractivity contribution in [2.75, 3.05) is 26.7 Å². The van der Waals surface area contributed by atoms with E-state index in [1.807, 2.05) is 12.1 Å². The quantitative estimate of drug-likeness (QED) is 0.885. The van der Waals surface area contributed by atoms with Crippen LogP contribution in [0, 0.1) is 5.92 Å². The van der Waals surface area contributed by atoms with Gasteiger partial charge < -0.3 is 15.4 Å². The summed E-state index contributed by atoms with van der Waals surface area (Å²) < 4.78 is 5.44. The van der Waals surface area contributed by atoms with E-state index in [-0.39, 0.29) is 0 Å². The van der Waals surface area contributed by atoms with Gasteiger partial charge in [0.05, 0.1) is 7.11 Å². The van der Waals surface area contributed by atoms with E-state index < -0.39 is 0 Å². The second kappa shape index (κ2) is 6.92. The maximum atomic E-state index is 5.82. The topological polar surface area (TPSA) is 38.5 Å². The number of likely N-dealkylation sites (tertiary alicyclic amines) is 1. The van der Waals surface area contributed by atoms with Gasteiger partial charge in [-0.3, -0.25) is 0 Å². The lowest BCUT2D eigenvalue weighted by Gasteiger charge is -2.36. The molecule has 0 amide bonds. The Labute approximate surface area is 116 Å². The van der Waals surface area contributed by atoms with E-state index in [0.717, 1.165) is 25.3 Å². The second-order valence-corrected chi connectivity index (χ2v) is 5.60. The minimum atomic E-state index is 0.547. The van der Waals surface area contributed by atoms with Crippen molar-refractivity contribution in [1.82, 2.24) is 4.90 Å². The third-order valence-corrected chi connectivity index (χ3v) is 4.21. The fraction of sp³-hybridized carbons (Fsp3) is 0.625. The molecule has 0 aromatic heterocycles. The first-order valence-corrected chi connectivity index (χ1v) is 7.30. The SMILES string of the molecule is COc1ccccc1CC(C)N1CCCC(CN)C1. The van der Waals surface area contributed by atoms with E-state index in [9.17, 15) is 0 Å². The molecule has 3 nitrogen and oxygen atoms in total. The standard InChI is InChI=1S/C16H26N2O/c1-13(18-9-5-6-14(11-17)12-18)10-15-7-3-4-8-16(15)19-2/h3-4,7-8,13-14H,5-6,9-12,17H2,1-2H3. The highest BCUT2D eigenvalue weighted by molar-refractivity contribution is 5.33. The molecule has 0 radical (unpaired) electrons. The highest BCUT2D eigenvalue weighted by Crippen LogP contribution is 2.23. The number of nitrogens with two attached hydrogens (primary N) is 1. The molecule has 0 aliphatic carbocycles. The Kier molecular flexibility index (Phi) is 5.23. The third-order valence-electron chi connectivity index (χ3n) is 4.21. The van der Waals surface area contributed by atoms with E-state index in [2.05, 4.69) is 24.0 Å². The van der Waals surface area contributed by atoms with Gasteiger partial charge in [0.2, 0.25) is 0 Å². The van der Waals surface area contributed by atoms with E-state index in [1.165, 1.54) is 24.9 Å². The minimum Gasteiger partial charge on any atom is -0.496 e. The molecule has 0 spiro atoms. The summed E-state index contributed by atoms with van der Waals surface area (Å²) >= 11 is 0. The van der Waals surface area contributed by atoms with Crippen molar-refractivity contribution in [2.24, 2.45) is 11.7 Å². The van der Waals surface area contributed by atoms with Gasteiger partial charge in [-0.1, -0.05) is 18.2 Å². The summed E-state index contributed by atoms with van der Waals surface area (Å²) in [5.74, 6) is 1.68. The van der Waals surface area contributed by atoms with Gasteiger partial charge in [0.1, 0.15) is 5.75 Å². The maximum absolute atomic E-state index is 5.82. The largest absolute Gasteiger partial charge is 0.496 e. The lowest BCUT2D eigenvalue weighted by molar-refractivity contribution is 0.133. The van der Waals surface area contributed by atoms with Gasteiger partial charge in [-0.2, -0.15) is 0 Å². The van der Waals surface area contributed by atoms with Crippen LogP contribution in [0.1, 0.15) is 25.3 Å². The Morgan fingerprint density at radius 3 is 2.95 bits per heavy atom. The van der Waals surface area contributed by atoms with Crippen molar-refractivity contribution in [3.8, 4) is 5.75 Å². The molecule has 1 aromatic rings. The zero-order chi connectivity index (χ0) is 13.7. The molecule has 0 saturated carbocycles. The number of para-hydroxylation sites is 1. The number of piperidine rings is 1. The van der Waals surface area contributed by atoms with Crippen LogP contribution in [0.15, 0.2) is 24.3 Å². The summed E-state index contributed by atoms with van der Waals surface area (Å²) in [5, 5.41) is 0. The van der Waals surface area contributed by atoms with Crippen molar-refractivity contribution >= 4 is 0 Å². The van der Waals surface area contributed by atoms with Gasteiger partial charge in [0, 0.05) is 12.6 Å². The van der Waals surface area contributed by atoms with E-state index in [0.29, 0.717) is 12.0 Å². The molecular weight excluding hydrogens is 236 g/mol. The van der Waals surface area contributed by atoms with Crippen LogP contribution >= 0.6 is 0 Å². The van der Waals surface area contributed by atoms with Crippen LogP contribution < -0.4 is 10.5 Å². The number of nitrogens with zero attached hydrogens (tertiary/aromatic N) is 1. The Hall–Kier alpha value is -1.06. The molecule has 2 unspecified atom stereocenters. The summed E-state index contributed by atoms with van der Waals surface area (Å²) in [6.45, 7) is 5.48. The maximum Gasteiger partial charge on any atom is 0.122 e. The smallest absolute Gasteiger partial charge is 0.122 e. The molecule has 106 valence electrons. The van der Waals surface area contributed by atoms with Gasteiger partial charge in [-0.25, -0.2) is 0 Å². The first-order valence-electron chi connectivity index (χ1n) is 7.30. The average Bonchev–Trinajstić information content (AvgIpc) is 2.47. The lowest BCUT2D eigenvalue weighted by Crippen LogP contribution is -2.44. The molecule has 0 bridgehead atoms. The number of benzene rings is 1. The molecular formula is C16H26N2O. The van der Waals surface area contributed by atoms with Gasteiger partial charge >= 0.3 is 0 Å². The van der Waals surface area contributed by atoms with Crippen LogP contribution in [-0.2, 0) is 6.42 Å². The first kappa shape index (κ1) is 14.4. The molecule has 1 saturated heterocycles. The normalized spacial score (nSPS) is 22.2. The Bertz CT molecular complexity index is 394. The highest BCUT2D eigenvalue weighted by Gasteiger charge is 2.23. The Morgan fingerprint density at radius 1 is 1.42 bits per heavy atom.